The average Bonchev–Trinajstić information content (AvgIpc) is 1.82. The number of carboxylic acids is 1. The van der Waals surface area contributed by atoms with E-state index >= 15 is 0 Å². The minimum absolute atomic E-state index is 0. The van der Waals surface area contributed by atoms with E-state index in [9.17, 15) is 4.79 Å². The molecule has 0 heterocycles. The van der Waals surface area contributed by atoms with E-state index in [-0.39, 0.29) is 24.9 Å². The van der Waals surface area contributed by atoms with Gasteiger partial charge in [-0.3, -0.25) is 4.79 Å². The van der Waals surface area contributed by atoms with Crippen LogP contribution in [-0.2, 0) is 4.79 Å². The van der Waals surface area contributed by atoms with Gasteiger partial charge in [-0.1, -0.05) is 13.8 Å². The summed E-state index contributed by atoms with van der Waals surface area (Å²) in [6.07, 6.45) is 0.756. The topological polar surface area (TPSA) is 63.3 Å². The third kappa shape index (κ3) is 7.62. The smallest absolute Gasteiger partial charge is 0.303 e. The highest BCUT2D eigenvalue weighted by atomic mass is 35.5. The summed E-state index contributed by atoms with van der Waals surface area (Å²) in [7, 11) is 0. The van der Waals surface area contributed by atoms with E-state index in [1.165, 1.54) is 0 Å². The zero-order valence-electron chi connectivity index (χ0n) is 6.91. The van der Waals surface area contributed by atoms with Crippen LogP contribution in [-0.4, -0.2) is 17.1 Å². The molecule has 0 aliphatic carbocycles. The molecule has 0 aromatic carbocycles. The van der Waals surface area contributed by atoms with E-state index in [0.29, 0.717) is 12.3 Å². The Morgan fingerprint density at radius 3 is 2.27 bits per heavy atom. The van der Waals surface area contributed by atoms with E-state index in [1.54, 1.807) is 0 Å². The molecule has 1 unspecified atom stereocenters. The van der Waals surface area contributed by atoms with Crippen molar-refractivity contribution in [2.45, 2.75) is 32.7 Å². The number of carbonyl (C=O) groups is 1. The van der Waals surface area contributed by atoms with Gasteiger partial charge in [-0.05, 0) is 12.3 Å². The van der Waals surface area contributed by atoms with Crippen LogP contribution in [0.2, 0.25) is 0 Å². The third-order valence-corrected chi connectivity index (χ3v) is 1.55. The largest absolute Gasteiger partial charge is 0.481 e. The van der Waals surface area contributed by atoms with Crippen LogP contribution in [0.25, 0.3) is 0 Å². The van der Waals surface area contributed by atoms with Crippen LogP contribution in [0.15, 0.2) is 0 Å². The zero-order chi connectivity index (χ0) is 8.15. The Bertz CT molecular complexity index is 117. The van der Waals surface area contributed by atoms with E-state index < -0.39 is 5.97 Å². The lowest BCUT2D eigenvalue weighted by molar-refractivity contribution is -0.137. The number of hydrogen-bond donors (Lipinski definition) is 2. The quantitative estimate of drug-likeness (QED) is 0.687. The molecular formula is C7H16ClNO2. The lowest BCUT2D eigenvalue weighted by Crippen LogP contribution is -2.26. The molecule has 0 aliphatic heterocycles. The van der Waals surface area contributed by atoms with Crippen molar-refractivity contribution in [2.75, 3.05) is 0 Å². The maximum Gasteiger partial charge on any atom is 0.303 e. The summed E-state index contributed by atoms with van der Waals surface area (Å²) in [4.78, 5) is 10.1. The van der Waals surface area contributed by atoms with Crippen molar-refractivity contribution in [3.63, 3.8) is 0 Å². The molecule has 11 heavy (non-hydrogen) atoms. The molecule has 0 saturated carbocycles. The number of rotatable bonds is 4. The highest BCUT2D eigenvalue weighted by Gasteiger charge is 2.08. The summed E-state index contributed by atoms with van der Waals surface area (Å²) in [6.45, 7) is 3.99. The van der Waals surface area contributed by atoms with E-state index in [0.717, 1.165) is 0 Å². The van der Waals surface area contributed by atoms with Crippen molar-refractivity contribution in [3.8, 4) is 0 Å². The maximum atomic E-state index is 10.1. The predicted molar refractivity (Wildman–Crippen MR) is 46.9 cm³/mol. The summed E-state index contributed by atoms with van der Waals surface area (Å²) in [5.41, 5.74) is 5.60. The summed E-state index contributed by atoms with van der Waals surface area (Å²) in [5.74, 6) is -0.393. The van der Waals surface area contributed by atoms with Gasteiger partial charge in [0.1, 0.15) is 0 Å². The molecule has 0 bridgehead atoms. The van der Waals surface area contributed by atoms with Gasteiger partial charge in [0.15, 0.2) is 0 Å². The van der Waals surface area contributed by atoms with E-state index in [4.69, 9.17) is 10.8 Å². The fourth-order valence-electron chi connectivity index (χ4n) is 0.623. The van der Waals surface area contributed by atoms with Crippen LogP contribution in [0.5, 0.6) is 0 Å². The highest BCUT2D eigenvalue weighted by molar-refractivity contribution is 5.85. The van der Waals surface area contributed by atoms with Crippen LogP contribution < -0.4 is 5.73 Å². The second-order valence-corrected chi connectivity index (χ2v) is 2.84. The van der Waals surface area contributed by atoms with Gasteiger partial charge in [0.05, 0.1) is 0 Å². The molecule has 0 aliphatic rings. The van der Waals surface area contributed by atoms with Gasteiger partial charge >= 0.3 is 5.97 Å². The number of aliphatic carboxylic acids is 1. The van der Waals surface area contributed by atoms with E-state index in [2.05, 4.69) is 0 Å². The first kappa shape index (κ1) is 13.3. The van der Waals surface area contributed by atoms with Crippen LogP contribution in [0, 0.1) is 5.92 Å². The minimum atomic E-state index is -0.767. The Labute approximate surface area is 73.4 Å². The Morgan fingerprint density at radius 2 is 2.00 bits per heavy atom. The number of hydrogen-bond acceptors (Lipinski definition) is 2. The minimum Gasteiger partial charge on any atom is -0.481 e. The van der Waals surface area contributed by atoms with Gasteiger partial charge in [-0.25, -0.2) is 0 Å². The molecule has 3 nitrogen and oxygen atoms in total. The molecule has 0 amide bonds. The highest BCUT2D eigenvalue weighted by Crippen LogP contribution is 2.04. The Kier molecular flexibility index (Phi) is 7.79. The van der Waals surface area contributed by atoms with Crippen LogP contribution >= 0.6 is 12.4 Å². The molecule has 0 saturated heterocycles. The number of halogens is 1. The summed E-state index contributed by atoms with van der Waals surface area (Å²) in [5, 5.41) is 8.29. The van der Waals surface area contributed by atoms with Crippen LogP contribution in [0.3, 0.4) is 0 Å². The molecule has 0 aromatic rings. The average molecular weight is 182 g/mol. The molecule has 0 radical (unpaired) electrons. The maximum absolute atomic E-state index is 10.1. The monoisotopic (exact) mass is 181 g/mol. The molecule has 4 heteroatoms. The first-order chi connectivity index (χ1) is 4.54. The van der Waals surface area contributed by atoms with Crippen molar-refractivity contribution >= 4 is 18.4 Å². The molecule has 0 rings (SSSR count). The van der Waals surface area contributed by atoms with Gasteiger partial charge < -0.3 is 10.8 Å². The van der Waals surface area contributed by atoms with Gasteiger partial charge in [0, 0.05) is 12.5 Å². The Morgan fingerprint density at radius 1 is 1.55 bits per heavy atom. The fraction of sp³-hybridized carbons (Fsp3) is 0.857. The summed E-state index contributed by atoms with van der Waals surface area (Å²) >= 11 is 0. The van der Waals surface area contributed by atoms with Crippen molar-refractivity contribution in [1.82, 2.24) is 0 Å². The van der Waals surface area contributed by atoms with Crippen LogP contribution in [0.4, 0.5) is 0 Å². The van der Waals surface area contributed by atoms with Crippen molar-refractivity contribution < 1.29 is 9.90 Å². The normalized spacial score (nSPS) is 12.4. The Balaban J connectivity index is 0. The van der Waals surface area contributed by atoms with Gasteiger partial charge in [-0.2, -0.15) is 0 Å². The molecule has 0 aromatic heterocycles. The first-order valence-corrected chi connectivity index (χ1v) is 3.51. The number of carboxylic acid groups (broad SMARTS) is 1. The van der Waals surface area contributed by atoms with Crippen molar-refractivity contribution in [3.05, 3.63) is 0 Å². The lowest BCUT2D eigenvalue weighted by atomic mass is 10.0. The number of nitrogens with two attached hydrogens (primary N) is 1. The second kappa shape index (κ2) is 6.43. The SMILES string of the molecule is CC(C)C(N)CCC(=O)O.Cl. The molecule has 3 N–H and O–H groups in total. The van der Waals surface area contributed by atoms with Gasteiger partial charge in [-0.15, -0.1) is 12.4 Å². The lowest BCUT2D eigenvalue weighted by Gasteiger charge is -2.13. The predicted octanol–water partition coefficient (Wildman–Crippen LogP) is 1.26. The van der Waals surface area contributed by atoms with Gasteiger partial charge in [0.2, 0.25) is 0 Å². The van der Waals surface area contributed by atoms with Crippen molar-refractivity contribution in [1.29, 1.82) is 0 Å². The Hall–Kier alpha value is -0.280. The first-order valence-electron chi connectivity index (χ1n) is 3.51. The van der Waals surface area contributed by atoms with Gasteiger partial charge in [0.25, 0.3) is 0 Å². The molecule has 68 valence electrons. The van der Waals surface area contributed by atoms with E-state index in [1.807, 2.05) is 13.8 Å². The van der Waals surface area contributed by atoms with Crippen molar-refractivity contribution in [2.24, 2.45) is 11.7 Å². The molecular weight excluding hydrogens is 166 g/mol. The summed E-state index contributed by atoms with van der Waals surface area (Å²) < 4.78 is 0. The summed E-state index contributed by atoms with van der Waals surface area (Å²) in [6, 6.07) is 0.0242. The fourth-order valence-corrected chi connectivity index (χ4v) is 0.623. The molecule has 1 atom stereocenters. The molecule has 0 fully saturated rings. The standard InChI is InChI=1S/C7H15NO2.ClH/c1-5(2)6(8)3-4-7(9)10;/h5-6H,3-4,8H2,1-2H3,(H,9,10);1H. The van der Waals surface area contributed by atoms with Crippen LogP contribution in [0.1, 0.15) is 26.7 Å². The second-order valence-electron chi connectivity index (χ2n) is 2.84. The third-order valence-electron chi connectivity index (χ3n) is 1.55. The zero-order valence-corrected chi connectivity index (χ0v) is 7.73. The molecule has 0 spiro atoms.